The summed E-state index contributed by atoms with van der Waals surface area (Å²) in [6, 6.07) is 11.9. The summed E-state index contributed by atoms with van der Waals surface area (Å²) in [5.74, 6) is 5.17. The Bertz CT molecular complexity index is 1020. The van der Waals surface area contributed by atoms with Gasteiger partial charge in [0, 0.05) is 6.54 Å². The van der Waals surface area contributed by atoms with Crippen molar-refractivity contribution in [1.82, 2.24) is 9.79 Å². The number of hydrogen-bond donors (Lipinski definition) is 2. The van der Waals surface area contributed by atoms with Crippen LogP contribution in [-0.2, 0) is 21.2 Å². The van der Waals surface area contributed by atoms with Crippen LogP contribution in [0.1, 0.15) is 24.1 Å². The lowest BCUT2D eigenvalue weighted by Gasteiger charge is -2.34. The van der Waals surface area contributed by atoms with Crippen molar-refractivity contribution in [2.45, 2.75) is 24.3 Å². The molecule has 0 spiro atoms. The minimum absolute atomic E-state index is 0.0385. The first kappa shape index (κ1) is 19.9. The minimum atomic E-state index is -3.97. The quantitative estimate of drug-likeness (QED) is 0.454. The number of sulfonamides is 1. The number of amides is 1. The van der Waals surface area contributed by atoms with Crippen LogP contribution in [0.2, 0.25) is 0 Å². The lowest BCUT2D eigenvalue weighted by atomic mass is 9.94. The lowest BCUT2D eigenvalue weighted by molar-refractivity contribution is -0.133. The molecule has 1 amide bonds. The van der Waals surface area contributed by atoms with Gasteiger partial charge < -0.3 is 4.74 Å². The van der Waals surface area contributed by atoms with Crippen LogP contribution in [0.5, 0.6) is 5.75 Å². The van der Waals surface area contributed by atoms with Gasteiger partial charge in [-0.3, -0.25) is 10.0 Å². The number of rotatable bonds is 5. The first-order valence-corrected chi connectivity index (χ1v) is 10.1. The first-order chi connectivity index (χ1) is 13.5. The maximum absolute atomic E-state index is 13.2. The molecular weight excluding hydrogens is 380 g/mol. The van der Waals surface area contributed by atoms with Crippen LogP contribution in [0, 0.1) is 11.8 Å². The van der Waals surface area contributed by atoms with E-state index < -0.39 is 22.0 Å². The number of carbonyl (C=O) groups is 1. The summed E-state index contributed by atoms with van der Waals surface area (Å²) in [6.07, 6.45) is 0.474. The van der Waals surface area contributed by atoms with Crippen LogP contribution in [0.25, 0.3) is 0 Å². The highest BCUT2D eigenvalue weighted by atomic mass is 32.2. The molecule has 1 unspecified atom stereocenters. The topological polar surface area (TPSA) is 95.9 Å². The normalized spacial score (nSPS) is 16.4. The number of hydrogen-bond acceptors (Lipinski definition) is 5. The van der Waals surface area contributed by atoms with Gasteiger partial charge in [0.25, 0.3) is 5.91 Å². The molecule has 2 aromatic carbocycles. The van der Waals surface area contributed by atoms with Crippen molar-refractivity contribution in [3.63, 3.8) is 0 Å². The molecule has 7 nitrogen and oxygen atoms in total. The summed E-state index contributed by atoms with van der Waals surface area (Å²) in [7, 11) is -3.97. The summed E-state index contributed by atoms with van der Waals surface area (Å²) in [6.45, 7) is 2.04. The van der Waals surface area contributed by atoms with Crippen molar-refractivity contribution in [2.24, 2.45) is 0 Å². The molecule has 0 bridgehead atoms. The number of nitrogens with zero attached hydrogens (tertiary/aromatic N) is 1. The van der Waals surface area contributed by atoms with Gasteiger partial charge in [-0.15, -0.1) is 5.92 Å². The summed E-state index contributed by atoms with van der Waals surface area (Å²) in [5.41, 5.74) is 3.02. The fourth-order valence-electron chi connectivity index (χ4n) is 3.17. The molecular formula is C20H20N2O5S. The zero-order valence-corrected chi connectivity index (χ0v) is 16.1. The van der Waals surface area contributed by atoms with Crippen molar-refractivity contribution >= 4 is 15.9 Å². The van der Waals surface area contributed by atoms with Crippen LogP contribution in [0.3, 0.4) is 0 Å². The Hall–Kier alpha value is -2.86. The third-order valence-corrected chi connectivity index (χ3v) is 6.39. The SMILES string of the molecule is CC#CCOc1ccc(S(=O)(=O)N2CCc3ccccc3C2C(=O)NO)cc1. The average Bonchev–Trinajstić information content (AvgIpc) is 2.73. The summed E-state index contributed by atoms with van der Waals surface area (Å²) >= 11 is 0. The smallest absolute Gasteiger partial charge is 0.266 e. The van der Waals surface area contributed by atoms with E-state index >= 15 is 0 Å². The molecule has 0 fully saturated rings. The van der Waals surface area contributed by atoms with Gasteiger partial charge >= 0.3 is 0 Å². The van der Waals surface area contributed by atoms with E-state index in [1.165, 1.54) is 12.1 Å². The van der Waals surface area contributed by atoms with E-state index in [-0.39, 0.29) is 18.0 Å². The van der Waals surface area contributed by atoms with E-state index in [0.29, 0.717) is 17.7 Å². The van der Waals surface area contributed by atoms with Crippen molar-refractivity contribution in [1.29, 1.82) is 0 Å². The van der Waals surface area contributed by atoms with Gasteiger partial charge in [0.05, 0.1) is 4.90 Å². The molecule has 1 aliphatic rings. The minimum Gasteiger partial charge on any atom is -0.481 e. The van der Waals surface area contributed by atoms with Crippen LogP contribution in [0.15, 0.2) is 53.4 Å². The number of fused-ring (bicyclic) bond motifs is 1. The van der Waals surface area contributed by atoms with Gasteiger partial charge in [-0.25, -0.2) is 13.9 Å². The summed E-state index contributed by atoms with van der Waals surface area (Å²) in [4.78, 5) is 12.4. The van der Waals surface area contributed by atoms with Crippen molar-refractivity contribution < 1.29 is 23.2 Å². The molecule has 0 aromatic heterocycles. The molecule has 1 aliphatic heterocycles. The van der Waals surface area contributed by atoms with Crippen molar-refractivity contribution in [3.8, 4) is 17.6 Å². The number of nitrogens with one attached hydrogen (secondary N) is 1. The zero-order chi connectivity index (χ0) is 20.1. The summed E-state index contributed by atoms with van der Waals surface area (Å²) in [5, 5.41) is 9.16. The first-order valence-electron chi connectivity index (χ1n) is 8.65. The van der Waals surface area contributed by atoms with Gasteiger partial charge in [-0.2, -0.15) is 4.31 Å². The van der Waals surface area contributed by atoms with Crippen LogP contribution in [-0.4, -0.2) is 37.0 Å². The van der Waals surface area contributed by atoms with Gasteiger partial charge in [-0.1, -0.05) is 30.2 Å². The standard InChI is InChI=1S/C20H20N2O5S/c1-2-3-14-27-16-8-10-17(11-9-16)28(25,26)22-13-12-15-6-4-5-7-18(15)19(22)20(23)21-24/h4-11,19,24H,12-14H2,1H3,(H,21,23). The largest absolute Gasteiger partial charge is 0.481 e. The maximum atomic E-state index is 13.2. The van der Waals surface area contributed by atoms with E-state index in [1.54, 1.807) is 36.7 Å². The van der Waals surface area contributed by atoms with Crippen LogP contribution < -0.4 is 10.2 Å². The van der Waals surface area contributed by atoms with E-state index in [4.69, 9.17) is 9.94 Å². The third-order valence-electron chi connectivity index (χ3n) is 4.52. The predicted octanol–water partition coefficient (Wildman–Crippen LogP) is 1.88. The second-order valence-electron chi connectivity index (χ2n) is 6.13. The van der Waals surface area contributed by atoms with Crippen molar-refractivity contribution in [3.05, 3.63) is 59.7 Å². The second kappa shape index (κ2) is 8.44. The number of benzene rings is 2. The molecule has 8 heteroatoms. The van der Waals surface area contributed by atoms with Crippen LogP contribution >= 0.6 is 0 Å². The molecule has 1 atom stereocenters. The van der Waals surface area contributed by atoms with E-state index in [9.17, 15) is 13.2 Å². The Morgan fingerprint density at radius 2 is 1.96 bits per heavy atom. The van der Waals surface area contributed by atoms with Gasteiger partial charge in [0.15, 0.2) is 0 Å². The van der Waals surface area contributed by atoms with Gasteiger partial charge in [0.1, 0.15) is 18.4 Å². The molecule has 0 radical (unpaired) electrons. The molecule has 2 aromatic rings. The zero-order valence-electron chi connectivity index (χ0n) is 15.3. The average molecular weight is 400 g/mol. The Balaban J connectivity index is 1.93. The van der Waals surface area contributed by atoms with E-state index in [2.05, 4.69) is 11.8 Å². The maximum Gasteiger partial charge on any atom is 0.266 e. The number of carbonyl (C=O) groups excluding carboxylic acids is 1. The highest BCUT2D eigenvalue weighted by Crippen LogP contribution is 2.34. The second-order valence-corrected chi connectivity index (χ2v) is 8.02. The Kier molecular flexibility index (Phi) is 5.99. The molecule has 0 saturated carbocycles. The fraction of sp³-hybridized carbons (Fsp3) is 0.250. The Morgan fingerprint density at radius 3 is 2.64 bits per heavy atom. The molecule has 1 heterocycles. The summed E-state index contributed by atoms with van der Waals surface area (Å²) < 4.78 is 32.9. The van der Waals surface area contributed by atoms with Crippen molar-refractivity contribution in [2.75, 3.05) is 13.2 Å². The number of hydroxylamine groups is 1. The number of ether oxygens (including phenoxy) is 1. The van der Waals surface area contributed by atoms with Gasteiger partial charge in [0.2, 0.25) is 10.0 Å². The monoisotopic (exact) mass is 400 g/mol. The van der Waals surface area contributed by atoms with Gasteiger partial charge in [-0.05, 0) is 48.7 Å². The molecule has 146 valence electrons. The molecule has 0 aliphatic carbocycles. The fourth-order valence-corrected chi connectivity index (χ4v) is 4.74. The Morgan fingerprint density at radius 1 is 1.25 bits per heavy atom. The van der Waals surface area contributed by atoms with E-state index in [0.717, 1.165) is 9.87 Å². The highest BCUT2D eigenvalue weighted by molar-refractivity contribution is 7.89. The lowest BCUT2D eigenvalue weighted by Crippen LogP contribution is -2.46. The van der Waals surface area contributed by atoms with Crippen LogP contribution in [0.4, 0.5) is 0 Å². The Labute approximate surface area is 163 Å². The highest BCUT2D eigenvalue weighted by Gasteiger charge is 2.40. The molecule has 28 heavy (non-hydrogen) atoms. The van der Waals surface area contributed by atoms with E-state index in [1.807, 2.05) is 12.1 Å². The predicted molar refractivity (Wildman–Crippen MR) is 102 cm³/mol. The molecule has 3 rings (SSSR count). The molecule has 2 N–H and O–H groups in total. The molecule has 0 saturated heterocycles. The third kappa shape index (κ3) is 3.87.